The Morgan fingerprint density at radius 3 is 2.56 bits per heavy atom. The van der Waals surface area contributed by atoms with E-state index in [0.717, 1.165) is 16.0 Å². The zero-order chi connectivity index (χ0) is 11.7. The van der Waals surface area contributed by atoms with Crippen molar-refractivity contribution in [1.82, 2.24) is 0 Å². The second-order valence-corrected chi connectivity index (χ2v) is 5.57. The van der Waals surface area contributed by atoms with E-state index in [2.05, 4.69) is 0 Å². The predicted molar refractivity (Wildman–Crippen MR) is 67.9 cm³/mol. The molecule has 1 atom stereocenters. The minimum absolute atomic E-state index is 0.237. The summed E-state index contributed by atoms with van der Waals surface area (Å²) in [6, 6.07) is 8.77. The fourth-order valence-electron chi connectivity index (χ4n) is 1.63. The molecule has 0 radical (unpaired) electrons. The minimum Gasteiger partial charge on any atom is -0.207 e. The Bertz CT molecular complexity index is 504. The second-order valence-electron chi connectivity index (χ2n) is 3.81. The van der Waals surface area contributed by atoms with Crippen LogP contribution in [-0.2, 0) is 0 Å². The fourth-order valence-corrected chi connectivity index (χ4v) is 2.94. The Kier molecular flexibility index (Phi) is 3.31. The van der Waals surface area contributed by atoms with E-state index in [9.17, 15) is 4.39 Å². The first-order chi connectivity index (χ1) is 7.58. The molecule has 2 rings (SSSR count). The van der Waals surface area contributed by atoms with Crippen molar-refractivity contribution in [3.8, 4) is 0 Å². The third-order valence-corrected chi connectivity index (χ3v) is 4.19. The summed E-state index contributed by atoms with van der Waals surface area (Å²) in [7, 11) is 0. The van der Waals surface area contributed by atoms with Crippen molar-refractivity contribution in [2.24, 2.45) is 0 Å². The van der Waals surface area contributed by atoms with Gasteiger partial charge in [0, 0.05) is 9.75 Å². The smallest absolute Gasteiger partial charge is 0.123 e. The van der Waals surface area contributed by atoms with Crippen molar-refractivity contribution in [1.29, 1.82) is 0 Å². The number of thiophene rings is 1. The topological polar surface area (TPSA) is 0 Å². The van der Waals surface area contributed by atoms with Crippen molar-refractivity contribution in [3.05, 3.63) is 57.0 Å². The van der Waals surface area contributed by atoms with Gasteiger partial charge in [-0.1, -0.05) is 6.07 Å². The van der Waals surface area contributed by atoms with Crippen LogP contribution in [0.3, 0.4) is 0 Å². The highest BCUT2D eigenvalue weighted by Gasteiger charge is 2.15. The molecule has 16 heavy (non-hydrogen) atoms. The molecule has 0 aliphatic carbocycles. The number of benzene rings is 1. The maximum atomic E-state index is 13.2. The average Bonchev–Trinajstić information content (AvgIpc) is 2.67. The first-order valence-electron chi connectivity index (χ1n) is 5.04. The lowest BCUT2D eigenvalue weighted by atomic mass is 10.0. The van der Waals surface area contributed by atoms with Crippen LogP contribution in [0, 0.1) is 19.7 Å². The Labute approximate surface area is 104 Å². The van der Waals surface area contributed by atoms with E-state index < -0.39 is 0 Å². The highest BCUT2D eigenvalue weighted by Crippen LogP contribution is 2.35. The summed E-state index contributed by atoms with van der Waals surface area (Å²) in [6.45, 7) is 3.99. The molecule has 0 amide bonds. The third-order valence-electron chi connectivity index (χ3n) is 2.53. The van der Waals surface area contributed by atoms with Crippen LogP contribution in [-0.4, -0.2) is 0 Å². The van der Waals surface area contributed by atoms with Gasteiger partial charge in [-0.2, -0.15) is 0 Å². The normalized spacial score (nSPS) is 12.8. The molecule has 0 aliphatic heterocycles. The maximum absolute atomic E-state index is 13.2. The van der Waals surface area contributed by atoms with Crippen LogP contribution >= 0.6 is 22.9 Å². The van der Waals surface area contributed by atoms with Gasteiger partial charge in [0.2, 0.25) is 0 Å². The van der Waals surface area contributed by atoms with Gasteiger partial charge in [0.05, 0.1) is 5.38 Å². The standard InChI is InChI=1S/C13H12ClFS/c1-8-3-5-10(15)7-11(8)13(14)12-6-4-9(2)16-12/h3-7,13H,1-2H3. The van der Waals surface area contributed by atoms with E-state index >= 15 is 0 Å². The highest BCUT2D eigenvalue weighted by atomic mass is 35.5. The van der Waals surface area contributed by atoms with Gasteiger partial charge in [-0.3, -0.25) is 0 Å². The summed E-state index contributed by atoms with van der Waals surface area (Å²) in [4.78, 5) is 2.28. The van der Waals surface area contributed by atoms with Gasteiger partial charge in [0.15, 0.2) is 0 Å². The van der Waals surface area contributed by atoms with Gasteiger partial charge < -0.3 is 0 Å². The molecule has 0 saturated heterocycles. The summed E-state index contributed by atoms with van der Waals surface area (Å²) in [5.74, 6) is -0.237. The number of rotatable bonds is 2. The Morgan fingerprint density at radius 1 is 1.19 bits per heavy atom. The maximum Gasteiger partial charge on any atom is 0.123 e. The quantitative estimate of drug-likeness (QED) is 0.673. The van der Waals surface area contributed by atoms with Crippen LogP contribution in [0.25, 0.3) is 0 Å². The van der Waals surface area contributed by atoms with Gasteiger partial charge in [0.1, 0.15) is 5.82 Å². The Hall–Kier alpha value is -0.860. The molecule has 3 heteroatoms. The van der Waals surface area contributed by atoms with Crippen molar-refractivity contribution < 1.29 is 4.39 Å². The lowest BCUT2D eigenvalue weighted by Gasteiger charge is -2.11. The predicted octanol–water partition coefficient (Wildman–Crippen LogP) is 4.83. The van der Waals surface area contributed by atoms with Crippen molar-refractivity contribution >= 4 is 22.9 Å². The molecule has 0 bridgehead atoms. The van der Waals surface area contributed by atoms with E-state index in [1.807, 2.05) is 26.0 Å². The molecule has 1 aromatic heterocycles. The van der Waals surface area contributed by atoms with E-state index in [1.165, 1.54) is 17.0 Å². The van der Waals surface area contributed by atoms with Gasteiger partial charge in [0.25, 0.3) is 0 Å². The van der Waals surface area contributed by atoms with Gasteiger partial charge in [-0.05, 0) is 49.2 Å². The van der Waals surface area contributed by atoms with E-state index in [0.29, 0.717) is 0 Å². The van der Waals surface area contributed by atoms with Crippen LogP contribution in [0.15, 0.2) is 30.3 Å². The minimum atomic E-state index is -0.255. The molecule has 1 unspecified atom stereocenters. The molecule has 0 saturated carbocycles. The molecular formula is C13H12ClFS. The van der Waals surface area contributed by atoms with E-state index in [4.69, 9.17) is 11.6 Å². The summed E-state index contributed by atoms with van der Waals surface area (Å²) in [6.07, 6.45) is 0. The van der Waals surface area contributed by atoms with Crippen LogP contribution < -0.4 is 0 Å². The van der Waals surface area contributed by atoms with Crippen LogP contribution in [0.2, 0.25) is 0 Å². The number of hydrogen-bond acceptors (Lipinski definition) is 1. The SMILES string of the molecule is Cc1ccc(C(Cl)c2cc(F)ccc2C)s1. The molecule has 0 spiro atoms. The van der Waals surface area contributed by atoms with Crippen molar-refractivity contribution in [2.45, 2.75) is 19.2 Å². The summed E-state index contributed by atoms with van der Waals surface area (Å²) < 4.78 is 13.2. The van der Waals surface area contributed by atoms with E-state index in [-0.39, 0.29) is 11.2 Å². The van der Waals surface area contributed by atoms with Crippen molar-refractivity contribution in [2.75, 3.05) is 0 Å². The molecule has 0 N–H and O–H groups in total. The molecule has 2 aromatic rings. The molecule has 0 nitrogen and oxygen atoms in total. The van der Waals surface area contributed by atoms with Gasteiger partial charge in [-0.15, -0.1) is 22.9 Å². The van der Waals surface area contributed by atoms with Crippen LogP contribution in [0.4, 0.5) is 4.39 Å². The van der Waals surface area contributed by atoms with Gasteiger partial charge in [-0.25, -0.2) is 4.39 Å². The first kappa shape index (κ1) is 11.6. The third kappa shape index (κ3) is 2.28. The second kappa shape index (κ2) is 4.56. The zero-order valence-corrected chi connectivity index (χ0v) is 10.7. The molecule has 84 valence electrons. The van der Waals surface area contributed by atoms with Crippen LogP contribution in [0.5, 0.6) is 0 Å². The van der Waals surface area contributed by atoms with Gasteiger partial charge >= 0.3 is 0 Å². The lowest BCUT2D eigenvalue weighted by molar-refractivity contribution is 0.625. The fraction of sp³-hybridized carbons (Fsp3) is 0.231. The summed E-state index contributed by atoms with van der Waals surface area (Å²) in [5, 5.41) is -0.255. The molecule has 0 fully saturated rings. The first-order valence-corrected chi connectivity index (χ1v) is 6.29. The molecule has 1 heterocycles. The average molecular weight is 255 g/mol. The molecular weight excluding hydrogens is 243 g/mol. The summed E-state index contributed by atoms with van der Waals surface area (Å²) >= 11 is 8.02. The highest BCUT2D eigenvalue weighted by molar-refractivity contribution is 7.12. The van der Waals surface area contributed by atoms with Crippen LogP contribution in [0.1, 0.15) is 26.3 Å². The lowest BCUT2D eigenvalue weighted by Crippen LogP contribution is -1.95. The number of hydrogen-bond donors (Lipinski definition) is 0. The number of aryl methyl sites for hydroxylation is 2. The van der Waals surface area contributed by atoms with E-state index in [1.54, 1.807) is 17.4 Å². The summed E-state index contributed by atoms with van der Waals surface area (Å²) in [5.41, 5.74) is 1.87. The Balaban J connectivity index is 2.40. The molecule has 1 aromatic carbocycles. The monoisotopic (exact) mass is 254 g/mol. The number of alkyl halides is 1. The molecule has 0 aliphatic rings. The zero-order valence-electron chi connectivity index (χ0n) is 9.13. The number of halogens is 2. The Morgan fingerprint density at radius 2 is 1.94 bits per heavy atom. The largest absolute Gasteiger partial charge is 0.207 e. The van der Waals surface area contributed by atoms with Crippen molar-refractivity contribution in [3.63, 3.8) is 0 Å².